The van der Waals surface area contributed by atoms with E-state index >= 15 is 0 Å². The Balaban J connectivity index is 1.51. The molecule has 2 saturated heterocycles. The summed E-state index contributed by atoms with van der Waals surface area (Å²) in [5.74, 6) is 0.140. The van der Waals surface area contributed by atoms with Gasteiger partial charge in [-0.3, -0.25) is 9.78 Å². The highest BCUT2D eigenvalue weighted by Gasteiger charge is 2.28. The maximum atomic E-state index is 12.8. The molecule has 0 saturated carbocycles. The topological polar surface area (TPSA) is 57.7 Å². The van der Waals surface area contributed by atoms with Gasteiger partial charge in [0.25, 0.3) is 0 Å². The first-order valence-corrected chi connectivity index (χ1v) is 9.91. The molecule has 2 aliphatic rings. The van der Waals surface area contributed by atoms with E-state index in [0.717, 1.165) is 55.7 Å². The van der Waals surface area contributed by atoms with Crippen molar-refractivity contribution in [3.05, 3.63) is 30.5 Å². The number of fused-ring (bicyclic) bond motifs is 1. The Morgan fingerprint density at radius 2 is 2.11 bits per heavy atom. The second kappa shape index (κ2) is 8.23. The molecule has 6 nitrogen and oxygen atoms in total. The molecule has 3 heterocycles. The highest BCUT2D eigenvalue weighted by Crippen LogP contribution is 2.33. The standard InChI is InChI=1S/C21H28N4O2/c1-27-14-13-24-12-8-16(15-24)21(26)23-18-6-7-19(25-10-2-3-11-25)20-17(18)5-4-9-22-20/h4-7,9,16H,2-3,8,10-15H2,1H3,(H,23,26)/t16-/m0/s1. The van der Waals surface area contributed by atoms with Gasteiger partial charge in [-0.2, -0.15) is 0 Å². The molecule has 0 bridgehead atoms. The van der Waals surface area contributed by atoms with E-state index in [0.29, 0.717) is 6.61 Å². The van der Waals surface area contributed by atoms with Crippen LogP contribution in [0, 0.1) is 5.92 Å². The Hall–Kier alpha value is -2.18. The number of hydrogen-bond donors (Lipinski definition) is 1. The Morgan fingerprint density at radius 1 is 1.26 bits per heavy atom. The van der Waals surface area contributed by atoms with Gasteiger partial charge in [0, 0.05) is 44.9 Å². The normalized spacial score (nSPS) is 20.5. The molecule has 1 aromatic carbocycles. The number of rotatable bonds is 6. The molecular weight excluding hydrogens is 340 g/mol. The molecule has 6 heteroatoms. The van der Waals surface area contributed by atoms with Crippen molar-refractivity contribution in [3.8, 4) is 0 Å². The summed E-state index contributed by atoms with van der Waals surface area (Å²) in [6.45, 7) is 5.52. The minimum Gasteiger partial charge on any atom is -0.383 e. The van der Waals surface area contributed by atoms with E-state index in [-0.39, 0.29) is 11.8 Å². The van der Waals surface area contributed by atoms with Crippen molar-refractivity contribution in [2.75, 3.05) is 56.7 Å². The fraction of sp³-hybridized carbons (Fsp3) is 0.524. The molecule has 1 amide bonds. The lowest BCUT2D eigenvalue weighted by atomic mass is 10.1. The molecule has 4 rings (SSSR count). The summed E-state index contributed by atoms with van der Waals surface area (Å²) in [5.41, 5.74) is 3.01. The van der Waals surface area contributed by atoms with Gasteiger partial charge in [0.1, 0.15) is 0 Å². The van der Waals surface area contributed by atoms with E-state index < -0.39 is 0 Å². The van der Waals surface area contributed by atoms with Crippen molar-refractivity contribution < 1.29 is 9.53 Å². The number of nitrogens with one attached hydrogen (secondary N) is 1. The van der Waals surface area contributed by atoms with Crippen LogP contribution in [0.1, 0.15) is 19.3 Å². The molecule has 1 atom stereocenters. The van der Waals surface area contributed by atoms with Crippen molar-refractivity contribution in [1.29, 1.82) is 0 Å². The summed E-state index contributed by atoms with van der Waals surface area (Å²) < 4.78 is 5.14. The van der Waals surface area contributed by atoms with Crippen LogP contribution in [0.15, 0.2) is 30.5 Å². The van der Waals surface area contributed by atoms with Crippen molar-refractivity contribution in [1.82, 2.24) is 9.88 Å². The molecule has 0 spiro atoms. The van der Waals surface area contributed by atoms with Crippen molar-refractivity contribution in [2.45, 2.75) is 19.3 Å². The highest BCUT2D eigenvalue weighted by atomic mass is 16.5. The van der Waals surface area contributed by atoms with Crippen molar-refractivity contribution in [3.63, 3.8) is 0 Å². The maximum absolute atomic E-state index is 12.8. The van der Waals surface area contributed by atoms with E-state index in [4.69, 9.17) is 4.74 Å². The van der Waals surface area contributed by atoms with Crippen molar-refractivity contribution >= 4 is 28.2 Å². The summed E-state index contributed by atoms with van der Waals surface area (Å²) in [6, 6.07) is 8.13. The molecule has 2 aliphatic heterocycles. The molecule has 2 aromatic rings. The summed E-state index contributed by atoms with van der Waals surface area (Å²) >= 11 is 0. The minimum absolute atomic E-state index is 0.0341. The van der Waals surface area contributed by atoms with Crippen LogP contribution in [0.3, 0.4) is 0 Å². The van der Waals surface area contributed by atoms with Crippen LogP contribution < -0.4 is 10.2 Å². The molecule has 2 fully saturated rings. The van der Waals surface area contributed by atoms with Gasteiger partial charge in [-0.25, -0.2) is 0 Å². The number of ether oxygens (including phenoxy) is 1. The Bertz CT molecular complexity index is 804. The molecule has 144 valence electrons. The van der Waals surface area contributed by atoms with Crippen LogP contribution >= 0.6 is 0 Å². The molecular formula is C21H28N4O2. The third-order valence-electron chi connectivity index (χ3n) is 5.71. The van der Waals surface area contributed by atoms with Crippen molar-refractivity contribution in [2.24, 2.45) is 5.92 Å². The van der Waals surface area contributed by atoms with Crippen LogP contribution in [-0.4, -0.2) is 62.2 Å². The third kappa shape index (κ3) is 3.92. The Morgan fingerprint density at radius 3 is 2.93 bits per heavy atom. The number of hydrogen-bond acceptors (Lipinski definition) is 5. The number of carbonyl (C=O) groups excluding carboxylic acids is 1. The van der Waals surface area contributed by atoms with Gasteiger partial charge >= 0.3 is 0 Å². The number of carbonyl (C=O) groups is 1. The van der Waals surface area contributed by atoms with Crippen LogP contribution in [0.4, 0.5) is 11.4 Å². The summed E-state index contributed by atoms with van der Waals surface area (Å²) in [6.07, 6.45) is 5.19. The fourth-order valence-corrected chi connectivity index (χ4v) is 4.18. The first-order valence-electron chi connectivity index (χ1n) is 9.91. The Kier molecular flexibility index (Phi) is 5.55. The average molecular weight is 368 g/mol. The van der Waals surface area contributed by atoms with E-state index in [1.54, 1.807) is 7.11 Å². The summed E-state index contributed by atoms with van der Waals surface area (Å²) in [5, 5.41) is 4.18. The molecule has 0 unspecified atom stereocenters. The zero-order valence-corrected chi connectivity index (χ0v) is 16.0. The predicted molar refractivity (Wildman–Crippen MR) is 108 cm³/mol. The summed E-state index contributed by atoms with van der Waals surface area (Å²) in [7, 11) is 1.71. The third-order valence-corrected chi connectivity index (χ3v) is 5.71. The zero-order chi connectivity index (χ0) is 18.6. The van der Waals surface area contributed by atoms with Crippen LogP contribution in [0.25, 0.3) is 10.9 Å². The highest BCUT2D eigenvalue weighted by molar-refractivity contribution is 6.05. The molecule has 1 N–H and O–H groups in total. The van der Waals surface area contributed by atoms with E-state index in [1.807, 2.05) is 18.3 Å². The fourth-order valence-electron chi connectivity index (χ4n) is 4.18. The first kappa shape index (κ1) is 18.2. The Labute approximate surface area is 160 Å². The van der Waals surface area contributed by atoms with Crippen LogP contribution in [0.2, 0.25) is 0 Å². The maximum Gasteiger partial charge on any atom is 0.228 e. The number of amides is 1. The summed E-state index contributed by atoms with van der Waals surface area (Å²) in [4.78, 5) is 22.1. The number of benzene rings is 1. The lowest BCUT2D eigenvalue weighted by Gasteiger charge is -2.21. The van der Waals surface area contributed by atoms with E-state index in [2.05, 4.69) is 32.2 Å². The number of anilines is 2. The van der Waals surface area contributed by atoms with Crippen LogP contribution in [0.5, 0.6) is 0 Å². The predicted octanol–water partition coefficient (Wildman–Crippen LogP) is 2.74. The van der Waals surface area contributed by atoms with Gasteiger partial charge in [0.05, 0.1) is 29.4 Å². The molecule has 27 heavy (non-hydrogen) atoms. The number of aromatic nitrogens is 1. The average Bonchev–Trinajstić information content (AvgIpc) is 3.39. The second-order valence-corrected chi connectivity index (χ2v) is 7.49. The number of methoxy groups -OCH3 is 1. The zero-order valence-electron chi connectivity index (χ0n) is 16.0. The lowest BCUT2D eigenvalue weighted by Crippen LogP contribution is -2.29. The molecule has 0 radical (unpaired) electrons. The number of likely N-dealkylation sites (tertiary alicyclic amines) is 1. The van der Waals surface area contributed by atoms with Gasteiger partial charge in [0.15, 0.2) is 0 Å². The van der Waals surface area contributed by atoms with Gasteiger partial charge < -0.3 is 19.9 Å². The smallest absolute Gasteiger partial charge is 0.228 e. The first-order chi connectivity index (χ1) is 13.3. The van der Waals surface area contributed by atoms with Gasteiger partial charge in [-0.15, -0.1) is 0 Å². The quantitative estimate of drug-likeness (QED) is 0.850. The van der Waals surface area contributed by atoms with Crippen LogP contribution in [-0.2, 0) is 9.53 Å². The van der Waals surface area contributed by atoms with Gasteiger partial charge in [-0.05, 0) is 50.1 Å². The molecule has 1 aromatic heterocycles. The number of pyridine rings is 1. The number of nitrogens with zero attached hydrogens (tertiary/aromatic N) is 3. The SMILES string of the molecule is COCCN1CC[C@H](C(=O)Nc2ccc(N3CCCC3)c3ncccc23)C1. The monoisotopic (exact) mass is 368 g/mol. The second-order valence-electron chi connectivity index (χ2n) is 7.49. The van der Waals surface area contributed by atoms with Gasteiger partial charge in [-0.1, -0.05) is 0 Å². The largest absolute Gasteiger partial charge is 0.383 e. The van der Waals surface area contributed by atoms with Gasteiger partial charge in [0.2, 0.25) is 5.91 Å². The van der Waals surface area contributed by atoms with E-state index in [9.17, 15) is 4.79 Å². The van der Waals surface area contributed by atoms with E-state index in [1.165, 1.54) is 18.5 Å². The molecule has 0 aliphatic carbocycles. The lowest BCUT2D eigenvalue weighted by molar-refractivity contribution is -0.119. The minimum atomic E-state index is 0.0341.